The molecule has 4 nitrogen and oxygen atoms in total. The Morgan fingerprint density at radius 2 is 1.86 bits per heavy atom. The first kappa shape index (κ1) is 16.4. The molecule has 0 amide bonds. The van der Waals surface area contributed by atoms with Crippen LogP contribution in [0, 0.1) is 11.2 Å². The fourth-order valence-corrected chi connectivity index (χ4v) is 3.67. The number of aliphatic hydroxyl groups is 1. The smallest absolute Gasteiger partial charge is 0.240 e. The van der Waals surface area contributed by atoms with E-state index in [9.17, 15) is 17.9 Å². The minimum absolute atomic E-state index is 0.0398. The molecular formula is C15H22FNO3S. The van der Waals surface area contributed by atoms with Crippen LogP contribution in [0.2, 0.25) is 0 Å². The molecule has 1 aromatic rings. The van der Waals surface area contributed by atoms with Gasteiger partial charge in [-0.15, -0.1) is 0 Å². The summed E-state index contributed by atoms with van der Waals surface area (Å²) >= 11 is 0. The maximum atomic E-state index is 13.1. The van der Waals surface area contributed by atoms with Crippen molar-refractivity contribution in [3.05, 3.63) is 30.1 Å². The van der Waals surface area contributed by atoms with E-state index < -0.39 is 21.4 Å². The van der Waals surface area contributed by atoms with Gasteiger partial charge in [0, 0.05) is 6.54 Å². The summed E-state index contributed by atoms with van der Waals surface area (Å²) in [6, 6.07) is 4.84. The third-order valence-corrected chi connectivity index (χ3v) is 5.63. The molecule has 21 heavy (non-hydrogen) atoms. The van der Waals surface area contributed by atoms with Crippen molar-refractivity contribution >= 4 is 10.0 Å². The van der Waals surface area contributed by atoms with Gasteiger partial charge >= 0.3 is 0 Å². The van der Waals surface area contributed by atoms with Crippen molar-refractivity contribution in [2.45, 2.75) is 50.0 Å². The van der Waals surface area contributed by atoms with Crippen LogP contribution in [0.15, 0.2) is 29.2 Å². The summed E-state index contributed by atoms with van der Waals surface area (Å²) in [6.07, 6.45) is 2.83. The van der Waals surface area contributed by atoms with Gasteiger partial charge in [-0.1, -0.05) is 19.9 Å². The third kappa shape index (κ3) is 4.25. The molecule has 0 bridgehead atoms. The molecule has 1 saturated carbocycles. The molecule has 0 aromatic heterocycles. The predicted octanol–water partition coefficient (Wildman–Crippen LogP) is 2.44. The monoisotopic (exact) mass is 315 g/mol. The molecule has 0 atom stereocenters. The maximum absolute atomic E-state index is 13.1. The van der Waals surface area contributed by atoms with E-state index in [1.165, 1.54) is 18.2 Å². The fraction of sp³-hybridized carbons (Fsp3) is 0.600. The van der Waals surface area contributed by atoms with Gasteiger partial charge in [-0.05, 0) is 49.3 Å². The molecule has 2 rings (SSSR count). The van der Waals surface area contributed by atoms with E-state index in [1.54, 1.807) is 0 Å². The Kier molecular flexibility index (Phi) is 4.42. The van der Waals surface area contributed by atoms with Gasteiger partial charge in [0.2, 0.25) is 10.0 Å². The Labute approximate surface area is 125 Å². The lowest BCUT2D eigenvalue weighted by Gasteiger charge is -2.40. The van der Waals surface area contributed by atoms with Crippen molar-refractivity contribution < 1.29 is 17.9 Å². The number of rotatable bonds is 4. The van der Waals surface area contributed by atoms with Crippen molar-refractivity contribution in [1.29, 1.82) is 0 Å². The van der Waals surface area contributed by atoms with Crippen LogP contribution in [0.5, 0.6) is 0 Å². The SMILES string of the molecule is CC1(C)CCC(O)(CNS(=O)(=O)c2cccc(F)c2)CC1. The van der Waals surface area contributed by atoms with Crippen LogP contribution < -0.4 is 4.72 Å². The molecule has 0 saturated heterocycles. The second-order valence-corrected chi connectivity index (χ2v) is 8.44. The van der Waals surface area contributed by atoms with Gasteiger partial charge in [0.15, 0.2) is 0 Å². The molecule has 6 heteroatoms. The lowest BCUT2D eigenvalue weighted by molar-refractivity contribution is -0.0205. The van der Waals surface area contributed by atoms with Gasteiger partial charge in [0.1, 0.15) is 5.82 Å². The average molecular weight is 315 g/mol. The zero-order chi connectivity index (χ0) is 15.7. The number of nitrogens with one attached hydrogen (secondary N) is 1. The van der Waals surface area contributed by atoms with Crippen LogP contribution in [0.1, 0.15) is 39.5 Å². The minimum atomic E-state index is -3.80. The molecule has 1 fully saturated rings. The number of halogens is 1. The van der Waals surface area contributed by atoms with Crippen molar-refractivity contribution in [2.24, 2.45) is 5.41 Å². The molecule has 1 aromatic carbocycles. The van der Waals surface area contributed by atoms with Crippen LogP contribution in [-0.4, -0.2) is 25.7 Å². The molecule has 0 radical (unpaired) electrons. The highest BCUT2D eigenvalue weighted by molar-refractivity contribution is 7.89. The normalized spacial score (nSPS) is 21.1. The number of benzene rings is 1. The van der Waals surface area contributed by atoms with Gasteiger partial charge in [0.25, 0.3) is 0 Å². The molecule has 118 valence electrons. The van der Waals surface area contributed by atoms with Gasteiger partial charge < -0.3 is 5.11 Å². The van der Waals surface area contributed by atoms with Crippen LogP contribution in [-0.2, 0) is 10.0 Å². The largest absolute Gasteiger partial charge is 0.389 e. The Morgan fingerprint density at radius 3 is 2.43 bits per heavy atom. The highest BCUT2D eigenvalue weighted by atomic mass is 32.2. The number of hydrogen-bond donors (Lipinski definition) is 2. The zero-order valence-corrected chi connectivity index (χ0v) is 13.2. The molecule has 2 N–H and O–H groups in total. The predicted molar refractivity (Wildman–Crippen MR) is 78.8 cm³/mol. The molecule has 0 aliphatic heterocycles. The highest BCUT2D eigenvalue weighted by Crippen LogP contribution is 2.39. The van der Waals surface area contributed by atoms with Crippen molar-refractivity contribution in [3.8, 4) is 0 Å². The second kappa shape index (κ2) is 5.66. The van der Waals surface area contributed by atoms with E-state index in [4.69, 9.17) is 0 Å². The molecular weight excluding hydrogens is 293 g/mol. The number of hydrogen-bond acceptors (Lipinski definition) is 3. The molecule has 1 aliphatic carbocycles. The van der Waals surface area contributed by atoms with E-state index in [0.717, 1.165) is 18.9 Å². The lowest BCUT2D eigenvalue weighted by atomic mass is 9.71. The minimum Gasteiger partial charge on any atom is -0.389 e. The van der Waals surface area contributed by atoms with Crippen molar-refractivity contribution in [2.75, 3.05) is 6.54 Å². The summed E-state index contributed by atoms with van der Waals surface area (Å²) in [4.78, 5) is -0.123. The molecule has 0 spiro atoms. The van der Waals surface area contributed by atoms with Crippen molar-refractivity contribution in [3.63, 3.8) is 0 Å². The topological polar surface area (TPSA) is 66.4 Å². The lowest BCUT2D eigenvalue weighted by Crippen LogP contribution is -2.46. The standard InChI is InChI=1S/C15H22FNO3S/c1-14(2)6-8-15(18,9-7-14)11-17-21(19,20)13-5-3-4-12(16)10-13/h3-5,10,17-18H,6-9,11H2,1-2H3. The first-order valence-electron chi connectivity index (χ1n) is 7.10. The summed E-state index contributed by atoms with van der Waals surface area (Å²) in [7, 11) is -3.80. The first-order valence-corrected chi connectivity index (χ1v) is 8.58. The Balaban J connectivity index is 2.02. The molecule has 0 heterocycles. The average Bonchev–Trinajstić information content (AvgIpc) is 2.41. The van der Waals surface area contributed by atoms with Crippen molar-refractivity contribution in [1.82, 2.24) is 4.72 Å². The maximum Gasteiger partial charge on any atom is 0.240 e. The highest BCUT2D eigenvalue weighted by Gasteiger charge is 2.37. The Morgan fingerprint density at radius 1 is 1.24 bits per heavy atom. The van der Waals surface area contributed by atoms with E-state index in [1.807, 2.05) is 0 Å². The first-order chi connectivity index (χ1) is 9.62. The summed E-state index contributed by atoms with van der Waals surface area (Å²) < 4.78 is 39.7. The van der Waals surface area contributed by atoms with Gasteiger partial charge in [-0.2, -0.15) is 0 Å². The van der Waals surface area contributed by atoms with Crippen LogP contribution >= 0.6 is 0 Å². The second-order valence-electron chi connectivity index (χ2n) is 6.67. The molecule has 1 aliphatic rings. The summed E-state index contributed by atoms with van der Waals surface area (Å²) in [5, 5.41) is 10.5. The summed E-state index contributed by atoms with van der Waals surface area (Å²) in [6.45, 7) is 4.24. The third-order valence-electron chi connectivity index (χ3n) is 4.23. The molecule has 0 unspecified atom stereocenters. The van der Waals surface area contributed by atoms with Crippen LogP contribution in [0.25, 0.3) is 0 Å². The van der Waals surface area contributed by atoms with Gasteiger partial charge in [-0.3, -0.25) is 0 Å². The quantitative estimate of drug-likeness (QED) is 0.897. The van der Waals surface area contributed by atoms with Crippen LogP contribution in [0.4, 0.5) is 4.39 Å². The van der Waals surface area contributed by atoms with E-state index in [-0.39, 0.29) is 16.9 Å². The Bertz CT molecular complexity index is 603. The zero-order valence-electron chi connectivity index (χ0n) is 12.4. The van der Waals surface area contributed by atoms with Gasteiger partial charge in [-0.25, -0.2) is 17.5 Å². The summed E-state index contributed by atoms with van der Waals surface area (Å²) in [5.41, 5.74) is -0.830. The van der Waals surface area contributed by atoms with E-state index >= 15 is 0 Å². The van der Waals surface area contributed by atoms with Crippen LogP contribution in [0.3, 0.4) is 0 Å². The fourth-order valence-electron chi connectivity index (χ4n) is 2.52. The number of sulfonamides is 1. The van der Waals surface area contributed by atoms with Gasteiger partial charge in [0.05, 0.1) is 10.5 Å². The van der Waals surface area contributed by atoms with E-state index in [2.05, 4.69) is 18.6 Å². The summed E-state index contributed by atoms with van der Waals surface area (Å²) in [5.74, 6) is -0.601. The Hall–Kier alpha value is -0.980. The van der Waals surface area contributed by atoms with E-state index in [0.29, 0.717) is 12.8 Å².